The summed E-state index contributed by atoms with van der Waals surface area (Å²) in [6, 6.07) is 8.56. The molecule has 2 nitrogen and oxygen atoms in total. The molecule has 19 heavy (non-hydrogen) atoms. The van der Waals surface area contributed by atoms with Crippen LogP contribution in [0, 0.1) is 5.82 Å². The molecule has 0 aliphatic heterocycles. The maximum absolute atomic E-state index is 14.1. The van der Waals surface area contributed by atoms with Crippen molar-refractivity contribution in [2.45, 2.75) is 18.8 Å². The molecule has 1 heterocycles. The zero-order chi connectivity index (χ0) is 13.9. The van der Waals surface area contributed by atoms with Gasteiger partial charge in [-0.3, -0.25) is 4.98 Å². The summed E-state index contributed by atoms with van der Waals surface area (Å²) in [5, 5.41) is 0.391. The van der Waals surface area contributed by atoms with Crippen LogP contribution < -0.4 is 5.73 Å². The molecular weight excluding hydrogens is 263 g/mol. The van der Waals surface area contributed by atoms with Gasteiger partial charge in [0.25, 0.3) is 0 Å². The number of pyridine rings is 1. The van der Waals surface area contributed by atoms with Crippen LogP contribution >= 0.6 is 11.6 Å². The van der Waals surface area contributed by atoms with Crippen LogP contribution in [0.5, 0.6) is 0 Å². The number of nitrogens with zero attached hydrogens (tertiary/aromatic N) is 1. The number of halogens is 2. The molecule has 2 aromatic rings. The van der Waals surface area contributed by atoms with E-state index in [4.69, 9.17) is 17.3 Å². The van der Waals surface area contributed by atoms with Crippen LogP contribution in [0.15, 0.2) is 42.7 Å². The zero-order valence-corrected chi connectivity index (χ0v) is 11.5. The maximum Gasteiger partial charge on any atom is 0.128 e. The molecule has 0 bridgehead atoms. The number of hydrogen-bond acceptors (Lipinski definition) is 2. The van der Waals surface area contributed by atoms with Crippen molar-refractivity contribution in [1.82, 2.24) is 4.98 Å². The van der Waals surface area contributed by atoms with Gasteiger partial charge >= 0.3 is 0 Å². The Kier molecular flexibility index (Phi) is 4.17. The molecule has 4 heteroatoms. The van der Waals surface area contributed by atoms with Gasteiger partial charge in [-0.1, -0.05) is 30.7 Å². The van der Waals surface area contributed by atoms with E-state index in [1.165, 1.54) is 6.07 Å². The second-order valence-corrected chi connectivity index (χ2v) is 5.36. The van der Waals surface area contributed by atoms with Crippen molar-refractivity contribution >= 4 is 11.6 Å². The van der Waals surface area contributed by atoms with Gasteiger partial charge in [-0.2, -0.15) is 0 Å². The molecule has 0 saturated heterocycles. The average Bonchev–Trinajstić information content (AvgIpc) is 2.39. The summed E-state index contributed by atoms with van der Waals surface area (Å²) in [7, 11) is 0. The Morgan fingerprint density at radius 2 is 2.16 bits per heavy atom. The van der Waals surface area contributed by atoms with Crippen molar-refractivity contribution in [3.63, 3.8) is 0 Å². The highest BCUT2D eigenvalue weighted by molar-refractivity contribution is 6.30. The number of hydrogen-bond donors (Lipinski definition) is 1. The van der Waals surface area contributed by atoms with Crippen molar-refractivity contribution in [2.75, 3.05) is 6.54 Å². The third-order valence-corrected chi connectivity index (χ3v) is 3.58. The third kappa shape index (κ3) is 3.11. The smallest absolute Gasteiger partial charge is 0.128 e. The van der Waals surface area contributed by atoms with Crippen LogP contribution in [-0.2, 0) is 11.8 Å². The van der Waals surface area contributed by atoms with Crippen molar-refractivity contribution in [1.29, 1.82) is 0 Å². The van der Waals surface area contributed by atoms with Crippen LogP contribution in [0.3, 0.4) is 0 Å². The quantitative estimate of drug-likeness (QED) is 0.932. The molecule has 1 atom stereocenters. The summed E-state index contributed by atoms with van der Waals surface area (Å²) in [5.41, 5.74) is 7.02. The fourth-order valence-corrected chi connectivity index (χ4v) is 2.37. The zero-order valence-electron chi connectivity index (χ0n) is 10.7. The van der Waals surface area contributed by atoms with Crippen LogP contribution in [0.4, 0.5) is 4.39 Å². The number of nitrogens with two attached hydrogens (primary N) is 1. The van der Waals surface area contributed by atoms with Gasteiger partial charge in [-0.15, -0.1) is 0 Å². The summed E-state index contributed by atoms with van der Waals surface area (Å²) in [5.74, 6) is -0.315. The van der Waals surface area contributed by atoms with Crippen LogP contribution in [-0.4, -0.2) is 11.5 Å². The molecule has 1 aromatic carbocycles. The average molecular weight is 279 g/mol. The minimum Gasteiger partial charge on any atom is -0.330 e. The maximum atomic E-state index is 14.1. The van der Waals surface area contributed by atoms with Gasteiger partial charge in [0.1, 0.15) is 5.82 Å². The first-order valence-corrected chi connectivity index (χ1v) is 6.47. The van der Waals surface area contributed by atoms with Gasteiger partial charge in [0, 0.05) is 29.4 Å². The van der Waals surface area contributed by atoms with Gasteiger partial charge in [0.05, 0.1) is 0 Å². The summed E-state index contributed by atoms with van der Waals surface area (Å²) >= 11 is 5.79. The normalized spacial score (nSPS) is 14.1. The Morgan fingerprint density at radius 1 is 1.37 bits per heavy atom. The predicted molar refractivity (Wildman–Crippen MR) is 75.8 cm³/mol. The standard InChI is InChI=1S/C15H16ClFN2/c1-15(10-18,8-11-3-2-6-19-9-11)13-5-4-12(16)7-14(13)17/h2-7,9H,8,10,18H2,1H3. The highest BCUT2D eigenvalue weighted by Crippen LogP contribution is 2.30. The van der Waals surface area contributed by atoms with E-state index in [0.29, 0.717) is 23.6 Å². The van der Waals surface area contributed by atoms with Crippen LogP contribution in [0.1, 0.15) is 18.1 Å². The van der Waals surface area contributed by atoms with E-state index in [0.717, 1.165) is 5.56 Å². The molecule has 2 rings (SSSR count). The van der Waals surface area contributed by atoms with Gasteiger partial charge in [0.15, 0.2) is 0 Å². The first-order chi connectivity index (χ1) is 9.05. The molecule has 0 amide bonds. The van der Waals surface area contributed by atoms with E-state index < -0.39 is 5.41 Å². The minimum absolute atomic E-state index is 0.315. The Labute approximate surface area is 117 Å². The molecule has 1 unspecified atom stereocenters. The molecule has 1 aromatic heterocycles. The van der Waals surface area contributed by atoms with E-state index in [1.807, 2.05) is 19.1 Å². The van der Waals surface area contributed by atoms with E-state index in [-0.39, 0.29) is 5.82 Å². The van der Waals surface area contributed by atoms with Crippen molar-refractivity contribution in [3.8, 4) is 0 Å². The van der Waals surface area contributed by atoms with E-state index in [2.05, 4.69) is 4.98 Å². The number of rotatable bonds is 4. The van der Waals surface area contributed by atoms with E-state index in [9.17, 15) is 4.39 Å². The second-order valence-electron chi connectivity index (χ2n) is 4.93. The summed E-state index contributed by atoms with van der Waals surface area (Å²) in [6.45, 7) is 2.30. The molecule has 0 spiro atoms. The summed E-state index contributed by atoms with van der Waals surface area (Å²) in [4.78, 5) is 4.08. The number of benzene rings is 1. The van der Waals surface area contributed by atoms with E-state index >= 15 is 0 Å². The SMILES string of the molecule is CC(CN)(Cc1cccnc1)c1ccc(Cl)cc1F. The lowest BCUT2D eigenvalue weighted by atomic mass is 9.77. The Balaban J connectivity index is 2.36. The van der Waals surface area contributed by atoms with Gasteiger partial charge in [0.2, 0.25) is 0 Å². The first kappa shape index (κ1) is 14.0. The highest BCUT2D eigenvalue weighted by atomic mass is 35.5. The van der Waals surface area contributed by atoms with Crippen molar-refractivity contribution < 1.29 is 4.39 Å². The van der Waals surface area contributed by atoms with Crippen LogP contribution in [0.25, 0.3) is 0 Å². The lowest BCUT2D eigenvalue weighted by Crippen LogP contribution is -2.35. The minimum atomic E-state index is -0.474. The molecule has 0 aliphatic rings. The molecular formula is C15H16ClFN2. The van der Waals surface area contributed by atoms with Crippen LogP contribution in [0.2, 0.25) is 5.02 Å². The predicted octanol–water partition coefficient (Wildman–Crippen LogP) is 3.33. The van der Waals surface area contributed by atoms with Crippen molar-refractivity contribution in [2.24, 2.45) is 5.73 Å². The van der Waals surface area contributed by atoms with E-state index in [1.54, 1.807) is 24.5 Å². The van der Waals surface area contributed by atoms with Gasteiger partial charge in [-0.05, 0) is 35.7 Å². The molecule has 0 saturated carbocycles. The Morgan fingerprint density at radius 3 is 2.74 bits per heavy atom. The Bertz CT molecular complexity index is 559. The van der Waals surface area contributed by atoms with Crippen molar-refractivity contribution in [3.05, 3.63) is 64.7 Å². The largest absolute Gasteiger partial charge is 0.330 e. The molecule has 0 fully saturated rings. The van der Waals surface area contributed by atoms with Gasteiger partial charge in [-0.25, -0.2) is 4.39 Å². The number of aromatic nitrogens is 1. The lowest BCUT2D eigenvalue weighted by molar-refractivity contribution is 0.449. The monoisotopic (exact) mass is 278 g/mol. The summed E-state index contributed by atoms with van der Waals surface area (Å²) < 4.78 is 14.1. The molecule has 0 radical (unpaired) electrons. The lowest BCUT2D eigenvalue weighted by Gasteiger charge is -2.29. The highest BCUT2D eigenvalue weighted by Gasteiger charge is 2.28. The Hall–Kier alpha value is -1.45. The molecule has 100 valence electrons. The topological polar surface area (TPSA) is 38.9 Å². The summed E-state index contributed by atoms with van der Waals surface area (Å²) in [6.07, 6.45) is 4.13. The fraction of sp³-hybridized carbons (Fsp3) is 0.267. The third-order valence-electron chi connectivity index (χ3n) is 3.35. The first-order valence-electron chi connectivity index (χ1n) is 6.10. The second kappa shape index (κ2) is 5.68. The molecule has 0 aliphatic carbocycles. The van der Waals surface area contributed by atoms with Gasteiger partial charge < -0.3 is 5.73 Å². The molecule has 2 N–H and O–H groups in total. The fourth-order valence-electron chi connectivity index (χ4n) is 2.21.